The van der Waals surface area contributed by atoms with E-state index in [2.05, 4.69) is 10.4 Å². The van der Waals surface area contributed by atoms with Gasteiger partial charge in [-0.2, -0.15) is 0 Å². The topological polar surface area (TPSA) is 118 Å². The average Bonchev–Trinajstić information content (AvgIpc) is 2.46. The molecule has 8 heteroatoms. The first kappa shape index (κ1) is 14.5. The Bertz CT molecular complexity index is 496. The van der Waals surface area contributed by atoms with Crippen LogP contribution in [0.4, 0.5) is 17.3 Å². The van der Waals surface area contributed by atoms with Gasteiger partial charge in [0.15, 0.2) is 0 Å². The molecule has 0 aromatic carbocycles. The second-order valence-corrected chi connectivity index (χ2v) is 4.97. The fraction of sp³-hybridized carbons (Fsp3) is 0.583. The summed E-state index contributed by atoms with van der Waals surface area (Å²) in [4.78, 5) is 16.5. The second kappa shape index (κ2) is 6.02. The van der Waals surface area contributed by atoms with Gasteiger partial charge in [-0.1, -0.05) is 12.8 Å². The minimum Gasteiger partial charge on any atom is -0.391 e. The number of hydrazine groups is 1. The van der Waals surface area contributed by atoms with Crippen LogP contribution >= 0.6 is 0 Å². The molecule has 0 bridgehead atoms. The lowest BCUT2D eigenvalue weighted by Crippen LogP contribution is -2.44. The van der Waals surface area contributed by atoms with E-state index < -0.39 is 11.0 Å². The van der Waals surface area contributed by atoms with Gasteiger partial charge < -0.3 is 15.4 Å². The number of hydrogen-bond acceptors (Lipinski definition) is 7. The second-order valence-electron chi connectivity index (χ2n) is 4.97. The first-order chi connectivity index (χ1) is 9.54. The van der Waals surface area contributed by atoms with Crippen molar-refractivity contribution in [2.24, 2.45) is 5.84 Å². The van der Waals surface area contributed by atoms with E-state index in [0.29, 0.717) is 12.2 Å². The normalized spacial score (nSPS) is 22.4. The number of pyridine rings is 1. The fourth-order valence-electron chi connectivity index (χ4n) is 2.62. The molecule has 0 aliphatic heterocycles. The Labute approximate surface area is 116 Å². The number of anilines is 2. The zero-order chi connectivity index (χ0) is 14.7. The van der Waals surface area contributed by atoms with Gasteiger partial charge in [0.05, 0.1) is 17.1 Å². The minimum atomic E-state index is -0.496. The highest BCUT2D eigenvalue weighted by molar-refractivity contribution is 5.61. The lowest BCUT2D eigenvalue weighted by molar-refractivity contribution is -0.384. The maximum Gasteiger partial charge on any atom is 0.311 e. The average molecular weight is 281 g/mol. The van der Waals surface area contributed by atoms with Gasteiger partial charge in [0, 0.05) is 13.1 Å². The van der Waals surface area contributed by atoms with Crippen molar-refractivity contribution >= 4 is 17.3 Å². The molecule has 0 saturated heterocycles. The molecule has 0 radical (unpaired) electrons. The molecule has 1 saturated carbocycles. The van der Waals surface area contributed by atoms with Crippen LogP contribution in [-0.4, -0.2) is 34.2 Å². The summed E-state index contributed by atoms with van der Waals surface area (Å²) in [5, 5.41) is 21.2. The molecule has 1 heterocycles. The van der Waals surface area contributed by atoms with Crippen LogP contribution in [0.3, 0.4) is 0 Å². The SMILES string of the molecule is CN(c1nc(NN)ccc1[N+](=O)[O-])C1CCCCC1O. The number of nitrogen functional groups attached to an aromatic ring is 1. The molecule has 1 aliphatic carbocycles. The lowest BCUT2D eigenvalue weighted by Gasteiger charge is -2.35. The van der Waals surface area contributed by atoms with Gasteiger partial charge in [-0.05, 0) is 18.9 Å². The van der Waals surface area contributed by atoms with Crippen molar-refractivity contribution in [3.63, 3.8) is 0 Å². The smallest absolute Gasteiger partial charge is 0.311 e. The van der Waals surface area contributed by atoms with Gasteiger partial charge in [-0.25, -0.2) is 10.8 Å². The molecule has 1 aromatic heterocycles. The quantitative estimate of drug-likeness (QED) is 0.428. The Kier molecular flexibility index (Phi) is 4.35. The van der Waals surface area contributed by atoms with E-state index >= 15 is 0 Å². The maximum absolute atomic E-state index is 11.1. The number of nitrogens with zero attached hydrogens (tertiary/aromatic N) is 3. The summed E-state index contributed by atoms with van der Waals surface area (Å²) in [5.41, 5.74) is 2.29. The fourth-order valence-corrected chi connectivity index (χ4v) is 2.62. The highest BCUT2D eigenvalue weighted by atomic mass is 16.6. The van der Waals surface area contributed by atoms with E-state index in [0.717, 1.165) is 19.3 Å². The van der Waals surface area contributed by atoms with Gasteiger partial charge in [0.2, 0.25) is 5.82 Å². The van der Waals surface area contributed by atoms with Crippen molar-refractivity contribution in [1.82, 2.24) is 4.98 Å². The highest BCUT2D eigenvalue weighted by Gasteiger charge is 2.31. The van der Waals surface area contributed by atoms with E-state index in [1.807, 2.05) is 0 Å². The maximum atomic E-state index is 11.1. The van der Waals surface area contributed by atoms with Crippen molar-refractivity contribution in [3.8, 4) is 0 Å². The Morgan fingerprint density at radius 2 is 2.20 bits per heavy atom. The van der Waals surface area contributed by atoms with Crippen LogP contribution in [0.25, 0.3) is 0 Å². The van der Waals surface area contributed by atoms with Crippen LogP contribution in [0, 0.1) is 10.1 Å². The molecular weight excluding hydrogens is 262 g/mol. The first-order valence-corrected chi connectivity index (χ1v) is 6.57. The van der Waals surface area contributed by atoms with Gasteiger partial charge in [0.25, 0.3) is 0 Å². The van der Waals surface area contributed by atoms with Crippen LogP contribution in [0.5, 0.6) is 0 Å². The van der Waals surface area contributed by atoms with Gasteiger partial charge in [0.1, 0.15) is 5.82 Å². The zero-order valence-corrected chi connectivity index (χ0v) is 11.3. The third-order valence-electron chi connectivity index (χ3n) is 3.72. The number of nitro groups is 1. The number of aliphatic hydroxyl groups is 1. The Morgan fingerprint density at radius 1 is 1.50 bits per heavy atom. The molecule has 1 fully saturated rings. The van der Waals surface area contributed by atoms with Crippen LogP contribution in [0.1, 0.15) is 25.7 Å². The predicted octanol–water partition coefficient (Wildman–Crippen LogP) is 1.02. The molecule has 0 spiro atoms. The zero-order valence-electron chi connectivity index (χ0n) is 11.3. The first-order valence-electron chi connectivity index (χ1n) is 6.57. The number of likely N-dealkylation sites (N-methyl/N-ethyl adjacent to an activating group) is 1. The number of nitrogens with two attached hydrogens (primary N) is 1. The summed E-state index contributed by atoms with van der Waals surface area (Å²) in [6.45, 7) is 0. The standard InChI is InChI=1S/C12H19N5O3/c1-16(8-4-2-3-5-10(8)18)12-9(17(19)20)6-7-11(14-12)15-13/h6-8,10,18H,2-5,13H2,1H3,(H,14,15). The monoisotopic (exact) mass is 281 g/mol. The molecule has 2 atom stereocenters. The highest BCUT2D eigenvalue weighted by Crippen LogP contribution is 2.32. The largest absolute Gasteiger partial charge is 0.391 e. The van der Waals surface area contributed by atoms with E-state index in [1.54, 1.807) is 11.9 Å². The van der Waals surface area contributed by atoms with Crippen molar-refractivity contribution < 1.29 is 10.0 Å². The van der Waals surface area contributed by atoms with Crippen LogP contribution in [0.15, 0.2) is 12.1 Å². The van der Waals surface area contributed by atoms with E-state index in [9.17, 15) is 15.2 Å². The Morgan fingerprint density at radius 3 is 2.80 bits per heavy atom. The molecule has 20 heavy (non-hydrogen) atoms. The van der Waals surface area contributed by atoms with Crippen LogP contribution < -0.4 is 16.2 Å². The minimum absolute atomic E-state index is 0.0933. The lowest BCUT2D eigenvalue weighted by atomic mass is 9.91. The molecule has 1 aliphatic rings. The van der Waals surface area contributed by atoms with E-state index in [1.165, 1.54) is 12.1 Å². The Balaban J connectivity index is 2.35. The summed E-state index contributed by atoms with van der Waals surface area (Å²) < 4.78 is 0. The number of aliphatic hydroxyl groups excluding tert-OH is 1. The number of hydrogen-bond donors (Lipinski definition) is 3. The molecule has 2 rings (SSSR count). The summed E-state index contributed by atoms with van der Waals surface area (Å²) in [6.07, 6.45) is 2.97. The van der Waals surface area contributed by atoms with Gasteiger partial charge in [-0.15, -0.1) is 0 Å². The molecule has 1 aromatic rings. The van der Waals surface area contributed by atoms with Crippen molar-refractivity contribution in [2.45, 2.75) is 37.8 Å². The molecule has 8 nitrogen and oxygen atoms in total. The Hall–Kier alpha value is -1.93. The summed E-state index contributed by atoms with van der Waals surface area (Å²) in [5.74, 6) is 5.87. The summed E-state index contributed by atoms with van der Waals surface area (Å²) in [6, 6.07) is 2.65. The molecular formula is C12H19N5O3. The summed E-state index contributed by atoms with van der Waals surface area (Å²) >= 11 is 0. The third kappa shape index (κ3) is 2.81. The van der Waals surface area contributed by atoms with Crippen LogP contribution in [-0.2, 0) is 0 Å². The number of nitrogens with one attached hydrogen (secondary N) is 1. The van der Waals surface area contributed by atoms with Gasteiger partial charge in [-0.3, -0.25) is 10.1 Å². The molecule has 0 amide bonds. The van der Waals surface area contributed by atoms with E-state index in [4.69, 9.17) is 5.84 Å². The molecule has 2 unspecified atom stereocenters. The van der Waals surface area contributed by atoms with Gasteiger partial charge >= 0.3 is 5.69 Å². The summed E-state index contributed by atoms with van der Waals surface area (Å²) in [7, 11) is 1.72. The molecule has 110 valence electrons. The number of rotatable bonds is 4. The predicted molar refractivity (Wildman–Crippen MR) is 75.4 cm³/mol. The number of aromatic nitrogens is 1. The van der Waals surface area contributed by atoms with Crippen molar-refractivity contribution in [2.75, 3.05) is 17.4 Å². The third-order valence-corrected chi connectivity index (χ3v) is 3.72. The van der Waals surface area contributed by atoms with Crippen LogP contribution in [0.2, 0.25) is 0 Å². The van der Waals surface area contributed by atoms with Crippen molar-refractivity contribution in [1.29, 1.82) is 0 Å². The molecule has 4 N–H and O–H groups in total. The van der Waals surface area contributed by atoms with Crippen molar-refractivity contribution in [3.05, 3.63) is 22.2 Å². The van der Waals surface area contributed by atoms with E-state index in [-0.39, 0.29) is 17.5 Å².